The first-order chi connectivity index (χ1) is 13.0. The number of thioether (sulfide) groups is 1. The number of halogens is 3. The predicted octanol–water partition coefficient (Wildman–Crippen LogP) is 4.97. The van der Waals surface area contributed by atoms with Crippen LogP contribution < -0.4 is 10.1 Å². The Morgan fingerprint density at radius 1 is 1.19 bits per heavy atom. The lowest BCUT2D eigenvalue weighted by Gasteiger charge is -2.09. The number of alkyl halides is 2. The van der Waals surface area contributed by atoms with E-state index in [2.05, 4.69) is 31.0 Å². The molecule has 0 saturated heterocycles. The molecule has 0 aliphatic carbocycles. The third-order valence-electron chi connectivity index (χ3n) is 3.41. The lowest BCUT2D eigenvalue weighted by atomic mass is 10.3. The van der Waals surface area contributed by atoms with Gasteiger partial charge in [-0.1, -0.05) is 27.7 Å². The van der Waals surface area contributed by atoms with Gasteiger partial charge in [0, 0.05) is 28.2 Å². The topological polar surface area (TPSA) is 56.2 Å². The normalized spacial score (nSPS) is 10.8. The number of nitrogens with one attached hydrogen (secondary N) is 1. The fourth-order valence-electron chi connectivity index (χ4n) is 2.24. The molecule has 0 saturated carbocycles. The molecule has 9 heteroatoms. The summed E-state index contributed by atoms with van der Waals surface area (Å²) in [7, 11) is 0. The predicted molar refractivity (Wildman–Crippen MR) is 104 cm³/mol. The number of aromatic nitrogens is 2. The van der Waals surface area contributed by atoms with Crippen LogP contribution in [0.1, 0.15) is 0 Å². The number of nitrogens with zero attached hydrogens (tertiary/aromatic N) is 2. The third kappa shape index (κ3) is 5.54. The van der Waals surface area contributed by atoms with Crippen LogP contribution in [0.5, 0.6) is 5.75 Å². The molecular formula is C18H14BrF2N3O2S. The Hall–Kier alpha value is -2.39. The van der Waals surface area contributed by atoms with Gasteiger partial charge in [-0.25, -0.2) is 4.98 Å². The number of amides is 1. The third-order valence-corrected chi connectivity index (χ3v) is 4.90. The fourth-order valence-corrected chi connectivity index (χ4v) is 3.28. The summed E-state index contributed by atoms with van der Waals surface area (Å²) in [6.07, 6.45) is 3.50. The molecule has 0 bridgehead atoms. The highest BCUT2D eigenvalue weighted by atomic mass is 79.9. The number of hydrogen-bond acceptors (Lipinski definition) is 4. The lowest BCUT2D eigenvalue weighted by Crippen LogP contribution is -2.14. The first-order valence-electron chi connectivity index (χ1n) is 7.78. The van der Waals surface area contributed by atoms with Crippen molar-refractivity contribution in [2.24, 2.45) is 0 Å². The second-order valence-electron chi connectivity index (χ2n) is 5.30. The van der Waals surface area contributed by atoms with Crippen molar-refractivity contribution in [2.45, 2.75) is 11.8 Å². The Labute approximate surface area is 166 Å². The van der Waals surface area contributed by atoms with Crippen molar-refractivity contribution in [1.29, 1.82) is 0 Å². The van der Waals surface area contributed by atoms with E-state index in [1.807, 2.05) is 35.0 Å². The molecule has 0 fully saturated rings. The molecule has 1 aromatic heterocycles. The molecule has 0 aliphatic rings. The summed E-state index contributed by atoms with van der Waals surface area (Å²) in [5.41, 5.74) is 1.44. The number of carbonyl (C=O) groups is 1. The Morgan fingerprint density at radius 2 is 1.89 bits per heavy atom. The maximum Gasteiger partial charge on any atom is 0.387 e. The van der Waals surface area contributed by atoms with Crippen LogP contribution in [0.2, 0.25) is 0 Å². The van der Waals surface area contributed by atoms with E-state index in [1.54, 1.807) is 6.20 Å². The average Bonchev–Trinajstić information content (AvgIpc) is 3.10. The molecule has 1 N–H and O–H groups in total. The standard InChI is InChI=1S/C18H14BrF2N3O2S/c19-12-1-5-14(6-2-12)24-10-9-22-18(24)27-11-16(25)23-13-3-7-15(8-4-13)26-17(20)21/h1-10,17H,11H2,(H,23,25). The van der Waals surface area contributed by atoms with Crippen molar-refractivity contribution in [3.05, 3.63) is 65.4 Å². The molecule has 0 aliphatic heterocycles. The summed E-state index contributed by atoms with van der Waals surface area (Å²) in [6.45, 7) is -2.88. The number of hydrogen-bond donors (Lipinski definition) is 1. The van der Waals surface area contributed by atoms with Gasteiger partial charge in [0.2, 0.25) is 5.91 Å². The van der Waals surface area contributed by atoms with E-state index in [-0.39, 0.29) is 17.4 Å². The number of anilines is 1. The quantitative estimate of drug-likeness (QED) is 0.513. The van der Waals surface area contributed by atoms with E-state index < -0.39 is 6.61 Å². The zero-order chi connectivity index (χ0) is 19.2. The van der Waals surface area contributed by atoms with Crippen LogP contribution in [-0.4, -0.2) is 27.8 Å². The van der Waals surface area contributed by atoms with Crippen molar-refractivity contribution in [1.82, 2.24) is 9.55 Å². The smallest absolute Gasteiger partial charge is 0.387 e. The fraction of sp³-hybridized carbons (Fsp3) is 0.111. The number of rotatable bonds is 7. The van der Waals surface area contributed by atoms with E-state index in [0.717, 1.165) is 10.2 Å². The highest BCUT2D eigenvalue weighted by Gasteiger charge is 2.10. The van der Waals surface area contributed by atoms with Gasteiger partial charge in [-0.3, -0.25) is 9.36 Å². The second kappa shape index (κ2) is 9.01. The largest absolute Gasteiger partial charge is 0.435 e. The highest BCUT2D eigenvalue weighted by Crippen LogP contribution is 2.23. The van der Waals surface area contributed by atoms with Gasteiger partial charge in [0.15, 0.2) is 5.16 Å². The summed E-state index contributed by atoms with van der Waals surface area (Å²) in [4.78, 5) is 16.4. The first-order valence-corrected chi connectivity index (χ1v) is 9.56. The van der Waals surface area contributed by atoms with Crippen LogP contribution in [0.25, 0.3) is 5.69 Å². The van der Waals surface area contributed by atoms with Gasteiger partial charge in [-0.2, -0.15) is 8.78 Å². The maximum absolute atomic E-state index is 12.1. The summed E-state index contributed by atoms with van der Waals surface area (Å²) in [5.74, 6) is -0.0372. The van der Waals surface area contributed by atoms with Crippen LogP contribution in [0, 0.1) is 0 Å². The van der Waals surface area contributed by atoms with Crippen LogP contribution in [0.3, 0.4) is 0 Å². The van der Waals surface area contributed by atoms with Crippen molar-refractivity contribution in [3.63, 3.8) is 0 Å². The summed E-state index contributed by atoms with van der Waals surface area (Å²) >= 11 is 4.69. The molecule has 1 heterocycles. The number of imidazole rings is 1. The zero-order valence-electron chi connectivity index (χ0n) is 13.8. The van der Waals surface area contributed by atoms with Crippen LogP contribution in [0.4, 0.5) is 14.5 Å². The lowest BCUT2D eigenvalue weighted by molar-refractivity contribution is -0.113. The zero-order valence-corrected chi connectivity index (χ0v) is 16.2. The monoisotopic (exact) mass is 453 g/mol. The molecule has 2 aromatic carbocycles. The van der Waals surface area contributed by atoms with Crippen molar-refractivity contribution < 1.29 is 18.3 Å². The van der Waals surface area contributed by atoms with Gasteiger partial charge >= 0.3 is 6.61 Å². The molecule has 0 unspecified atom stereocenters. The van der Waals surface area contributed by atoms with E-state index in [0.29, 0.717) is 10.8 Å². The molecule has 0 spiro atoms. The van der Waals surface area contributed by atoms with Gasteiger partial charge in [-0.05, 0) is 48.5 Å². The Morgan fingerprint density at radius 3 is 2.56 bits per heavy atom. The van der Waals surface area contributed by atoms with Crippen LogP contribution in [-0.2, 0) is 4.79 Å². The molecule has 5 nitrogen and oxygen atoms in total. The first kappa shape index (κ1) is 19.4. The van der Waals surface area contributed by atoms with Crippen molar-refractivity contribution >= 4 is 39.3 Å². The van der Waals surface area contributed by atoms with Gasteiger partial charge in [-0.15, -0.1) is 0 Å². The van der Waals surface area contributed by atoms with Crippen LogP contribution in [0.15, 0.2) is 70.6 Å². The highest BCUT2D eigenvalue weighted by molar-refractivity contribution is 9.10. The van der Waals surface area contributed by atoms with Crippen molar-refractivity contribution in [3.8, 4) is 11.4 Å². The molecule has 3 rings (SSSR count). The van der Waals surface area contributed by atoms with E-state index >= 15 is 0 Å². The Kier molecular flexibility index (Phi) is 6.46. The minimum Gasteiger partial charge on any atom is -0.435 e. The Balaban J connectivity index is 1.57. The SMILES string of the molecule is O=C(CSc1nccn1-c1ccc(Br)cc1)Nc1ccc(OC(F)F)cc1. The van der Waals surface area contributed by atoms with Crippen LogP contribution >= 0.6 is 27.7 Å². The molecule has 0 radical (unpaired) electrons. The summed E-state index contributed by atoms with van der Waals surface area (Å²) in [6, 6.07) is 13.5. The van der Waals surface area contributed by atoms with E-state index in [9.17, 15) is 13.6 Å². The number of carbonyl (C=O) groups excluding carboxylic acids is 1. The minimum atomic E-state index is -2.88. The number of benzene rings is 2. The van der Waals surface area contributed by atoms with E-state index in [1.165, 1.54) is 36.0 Å². The average molecular weight is 454 g/mol. The molecule has 0 atom stereocenters. The summed E-state index contributed by atoms with van der Waals surface area (Å²) < 4.78 is 31.4. The molecular weight excluding hydrogens is 440 g/mol. The van der Waals surface area contributed by atoms with Crippen molar-refractivity contribution in [2.75, 3.05) is 11.1 Å². The van der Waals surface area contributed by atoms with Gasteiger partial charge in [0.1, 0.15) is 5.75 Å². The molecule has 3 aromatic rings. The maximum atomic E-state index is 12.1. The molecule has 1 amide bonds. The number of ether oxygens (including phenoxy) is 1. The second-order valence-corrected chi connectivity index (χ2v) is 7.15. The van der Waals surface area contributed by atoms with Gasteiger partial charge in [0.05, 0.1) is 5.75 Å². The molecule has 140 valence electrons. The summed E-state index contributed by atoms with van der Waals surface area (Å²) in [5, 5.41) is 3.39. The van der Waals surface area contributed by atoms with Gasteiger partial charge in [0.25, 0.3) is 0 Å². The van der Waals surface area contributed by atoms with E-state index in [4.69, 9.17) is 0 Å². The van der Waals surface area contributed by atoms with Gasteiger partial charge < -0.3 is 10.1 Å². The Bertz CT molecular complexity index is 902. The minimum absolute atomic E-state index is 0.0360. The molecule has 27 heavy (non-hydrogen) atoms.